The summed E-state index contributed by atoms with van der Waals surface area (Å²) in [4.78, 5) is 4.45. The van der Waals surface area contributed by atoms with Crippen LogP contribution in [0.1, 0.15) is 41.6 Å². The molecule has 1 unspecified atom stereocenters. The van der Waals surface area contributed by atoms with Crippen LogP contribution in [0.3, 0.4) is 0 Å². The number of nitrogens with two attached hydrogens (primary N) is 1. The number of hydrogen-bond acceptors (Lipinski definition) is 3. The van der Waals surface area contributed by atoms with Gasteiger partial charge in [-0.3, -0.25) is 9.67 Å². The fourth-order valence-electron chi connectivity index (χ4n) is 2.42. The molecule has 0 radical (unpaired) electrons. The minimum atomic E-state index is 0.210. The standard InChI is InChI=1S/C16H24N4/c1-5-14(17)9-15-12(3)19-20(13(15)4)10-16-11(2)7-6-8-18-16/h6-8,14H,5,9-10,17H2,1-4H3. The van der Waals surface area contributed by atoms with Gasteiger partial charge in [0.2, 0.25) is 0 Å². The quantitative estimate of drug-likeness (QED) is 0.910. The third-order valence-corrected chi connectivity index (χ3v) is 3.94. The maximum atomic E-state index is 6.08. The van der Waals surface area contributed by atoms with Crippen LogP contribution in [0, 0.1) is 20.8 Å². The van der Waals surface area contributed by atoms with Crippen molar-refractivity contribution in [2.24, 2.45) is 5.73 Å². The lowest BCUT2D eigenvalue weighted by Crippen LogP contribution is -2.22. The van der Waals surface area contributed by atoms with E-state index in [9.17, 15) is 0 Å². The Kier molecular flexibility index (Phi) is 4.55. The van der Waals surface area contributed by atoms with Crippen LogP contribution in [-0.4, -0.2) is 20.8 Å². The molecule has 2 aromatic rings. The molecule has 0 aromatic carbocycles. The Balaban J connectivity index is 2.26. The highest BCUT2D eigenvalue weighted by atomic mass is 15.3. The average Bonchev–Trinajstić information content (AvgIpc) is 2.69. The van der Waals surface area contributed by atoms with E-state index in [0.29, 0.717) is 0 Å². The van der Waals surface area contributed by atoms with Gasteiger partial charge in [0.15, 0.2) is 0 Å². The van der Waals surface area contributed by atoms with E-state index in [4.69, 9.17) is 5.73 Å². The van der Waals surface area contributed by atoms with Gasteiger partial charge >= 0.3 is 0 Å². The Bertz CT molecular complexity index is 586. The topological polar surface area (TPSA) is 56.7 Å². The van der Waals surface area contributed by atoms with E-state index >= 15 is 0 Å². The molecular weight excluding hydrogens is 248 g/mol. The van der Waals surface area contributed by atoms with Crippen LogP contribution >= 0.6 is 0 Å². The number of hydrogen-bond donors (Lipinski definition) is 1. The zero-order chi connectivity index (χ0) is 14.7. The first kappa shape index (κ1) is 14.7. The summed E-state index contributed by atoms with van der Waals surface area (Å²) in [6.07, 6.45) is 3.72. The molecule has 0 spiro atoms. The van der Waals surface area contributed by atoms with Gasteiger partial charge in [0, 0.05) is 17.9 Å². The predicted molar refractivity (Wildman–Crippen MR) is 81.7 cm³/mol. The van der Waals surface area contributed by atoms with Gasteiger partial charge < -0.3 is 5.73 Å². The summed E-state index contributed by atoms with van der Waals surface area (Å²) in [7, 11) is 0. The summed E-state index contributed by atoms with van der Waals surface area (Å²) in [5, 5.41) is 4.66. The van der Waals surface area contributed by atoms with E-state index < -0.39 is 0 Å². The van der Waals surface area contributed by atoms with Crippen molar-refractivity contribution in [1.29, 1.82) is 0 Å². The molecule has 2 aromatic heterocycles. The highest BCUT2D eigenvalue weighted by molar-refractivity contribution is 5.27. The summed E-state index contributed by atoms with van der Waals surface area (Å²) in [6.45, 7) is 9.11. The maximum Gasteiger partial charge on any atom is 0.0837 e. The molecule has 4 heteroatoms. The summed E-state index contributed by atoms with van der Waals surface area (Å²) in [6, 6.07) is 4.26. The minimum Gasteiger partial charge on any atom is -0.327 e. The van der Waals surface area contributed by atoms with Crippen LogP contribution in [0.5, 0.6) is 0 Å². The largest absolute Gasteiger partial charge is 0.327 e. The molecule has 20 heavy (non-hydrogen) atoms. The number of pyridine rings is 1. The van der Waals surface area contributed by atoms with Gasteiger partial charge in [0.1, 0.15) is 0 Å². The Labute approximate surface area is 121 Å². The van der Waals surface area contributed by atoms with E-state index in [2.05, 4.69) is 43.8 Å². The lowest BCUT2D eigenvalue weighted by Gasteiger charge is -2.10. The average molecular weight is 272 g/mol. The zero-order valence-electron chi connectivity index (χ0n) is 12.8. The van der Waals surface area contributed by atoms with E-state index in [1.807, 2.05) is 16.9 Å². The number of rotatable bonds is 5. The molecule has 0 fully saturated rings. The zero-order valence-corrected chi connectivity index (χ0v) is 12.8. The molecule has 0 bridgehead atoms. The van der Waals surface area contributed by atoms with Gasteiger partial charge in [-0.05, 0) is 50.8 Å². The summed E-state index contributed by atoms with van der Waals surface area (Å²) in [5.41, 5.74) is 11.9. The fourth-order valence-corrected chi connectivity index (χ4v) is 2.42. The molecule has 0 aliphatic rings. The van der Waals surface area contributed by atoms with Crippen molar-refractivity contribution >= 4 is 0 Å². The first-order valence-corrected chi connectivity index (χ1v) is 7.21. The lowest BCUT2D eigenvalue weighted by atomic mass is 10.0. The molecule has 2 heterocycles. The molecule has 4 nitrogen and oxygen atoms in total. The summed E-state index contributed by atoms with van der Waals surface area (Å²) < 4.78 is 2.04. The van der Waals surface area contributed by atoms with Gasteiger partial charge in [0.05, 0.1) is 17.9 Å². The predicted octanol–water partition coefficient (Wildman–Crippen LogP) is 2.53. The third-order valence-electron chi connectivity index (χ3n) is 3.94. The molecular formula is C16H24N4. The molecule has 108 valence electrons. The maximum absolute atomic E-state index is 6.08. The van der Waals surface area contributed by atoms with Crippen molar-refractivity contribution in [3.05, 3.63) is 46.5 Å². The third kappa shape index (κ3) is 3.07. The van der Waals surface area contributed by atoms with Crippen molar-refractivity contribution in [2.75, 3.05) is 0 Å². The normalized spacial score (nSPS) is 12.7. The molecule has 0 saturated heterocycles. The first-order valence-electron chi connectivity index (χ1n) is 7.21. The summed E-state index contributed by atoms with van der Waals surface area (Å²) in [5.74, 6) is 0. The van der Waals surface area contributed by atoms with Crippen LogP contribution in [0.25, 0.3) is 0 Å². The molecule has 2 rings (SSSR count). The number of aromatic nitrogens is 3. The minimum absolute atomic E-state index is 0.210. The van der Waals surface area contributed by atoms with Crippen LogP contribution in [0.2, 0.25) is 0 Å². The SMILES string of the molecule is CCC(N)Cc1c(C)nn(Cc2ncccc2C)c1C. The van der Waals surface area contributed by atoms with Gasteiger partial charge in [-0.1, -0.05) is 13.0 Å². The molecule has 0 aliphatic heterocycles. The molecule has 0 aliphatic carbocycles. The van der Waals surface area contributed by atoms with Crippen LogP contribution in [0.4, 0.5) is 0 Å². The first-order chi connectivity index (χ1) is 9.52. The Morgan fingerprint density at radius 1 is 1.30 bits per heavy atom. The van der Waals surface area contributed by atoms with Crippen LogP contribution in [0.15, 0.2) is 18.3 Å². The molecule has 2 N–H and O–H groups in total. The van der Waals surface area contributed by atoms with E-state index in [-0.39, 0.29) is 6.04 Å². The highest BCUT2D eigenvalue weighted by Crippen LogP contribution is 2.17. The van der Waals surface area contributed by atoms with Crippen molar-refractivity contribution in [3.63, 3.8) is 0 Å². The van der Waals surface area contributed by atoms with Crippen LogP contribution in [-0.2, 0) is 13.0 Å². The second kappa shape index (κ2) is 6.18. The van der Waals surface area contributed by atoms with Crippen molar-refractivity contribution in [3.8, 4) is 0 Å². The monoisotopic (exact) mass is 272 g/mol. The van der Waals surface area contributed by atoms with Gasteiger partial charge in [-0.15, -0.1) is 0 Å². The molecule has 0 saturated carbocycles. The van der Waals surface area contributed by atoms with E-state index in [1.165, 1.54) is 16.8 Å². The van der Waals surface area contributed by atoms with Crippen molar-refractivity contribution in [2.45, 2.75) is 53.1 Å². The van der Waals surface area contributed by atoms with Gasteiger partial charge in [-0.25, -0.2) is 0 Å². The number of aryl methyl sites for hydroxylation is 2. The fraction of sp³-hybridized carbons (Fsp3) is 0.500. The summed E-state index contributed by atoms with van der Waals surface area (Å²) >= 11 is 0. The highest BCUT2D eigenvalue weighted by Gasteiger charge is 2.14. The van der Waals surface area contributed by atoms with Gasteiger partial charge in [0.25, 0.3) is 0 Å². The van der Waals surface area contributed by atoms with E-state index in [0.717, 1.165) is 30.8 Å². The second-order valence-electron chi connectivity index (χ2n) is 5.45. The van der Waals surface area contributed by atoms with Crippen LogP contribution < -0.4 is 5.73 Å². The van der Waals surface area contributed by atoms with Gasteiger partial charge in [-0.2, -0.15) is 5.10 Å². The Morgan fingerprint density at radius 3 is 2.70 bits per heavy atom. The molecule has 0 amide bonds. The van der Waals surface area contributed by atoms with Crippen molar-refractivity contribution in [1.82, 2.24) is 14.8 Å². The number of nitrogens with zero attached hydrogens (tertiary/aromatic N) is 3. The second-order valence-corrected chi connectivity index (χ2v) is 5.45. The Morgan fingerprint density at radius 2 is 2.05 bits per heavy atom. The smallest absolute Gasteiger partial charge is 0.0837 e. The lowest BCUT2D eigenvalue weighted by molar-refractivity contribution is 0.630. The molecule has 1 atom stereocenters. The van der Waals surface area contributed by atoms with Crippen molar-refractivity contribution < 1.29 is 0 Å². The van der Waals surface area contributed by atoms with E-state index in [1.54, 1.807) is 0 Å². The Hall–Kier alpha value is -1.68.